The lowest BCUT2D eigenvalue weighted by molar-refractivity contribution is 0.0525. The molecule has 4 N–H and O–H groups in total. The molecular weight excluding hydrogens is 348 g/mol. The normalized spacial score (nSPS) is 13.0. The third-order valence-corrected chi connectivity index (χ3v) is 3.93. The zero-order chi connectivity index (χ0) is 19.4. The summed E-state index contributed by atoms with van der Waals surface area (Å²) in [5, 5.41) is 9.64. The van der Waals surface area contributed by atoms with Crippen LogP contribution in [0.15, 0.2) is 18.2 Å². The standard InChI is InChI=1S/C19H26N4O4/c1-19(2,3)27-18(24)21-8-4-9-25-14-6-5-12-7-10-26-17(12)16(14)13-11-15(20)23-22-13/h5-6,11H,4,7-10H2,1-3H3,(H,21,24)(H3,20,22,23). The van der Waals surface area contributed by atoms with Crippen LogP contribution in [0.25, 0.3) is 11.3 Å². The number of amides is 1. The van der Waals surface area contributed by atoms with Gasteiger partial charge in [0.2, 0.25) is 0 Å². The Bertz CT molecular complexity index is 811. The number of nitrogen functional groups attached to an aromatic ring is 1. The first kappa shape index (κ1) is 18.9. The summed E-state index contributed by atoms with van der Waals surface area (Å²) < 4.78 is 16.9. The number of carbonyl (C=O) groups is 1. The lowest BCUT2D eigenvalue weighted by Crippen LogP contribution is -2.33. The number of nitrogens with zero attached hydrogens (tertiary/aromatic N) is 1. The molecule has 2 heterocycles. The van der Waals surface area contributed by atoms with Crippen LogP contribution in [0.3, 0.4) is 0 Å². The second-order valence-corrected chi connectivity index (χ2v) is 7.36. The Hall–Kier alpha value is -2.90. The summed E-state index contributed by atoms with van der Waals surface area (Å²) in [5.41, 5.74) is 7.96. The van der Waals surface area contributed by atoms with Gasteiger partial charge in [0.05, 0.1) is 24.5 Å². The predicted octanol–water partition coefficient (Wildman–Crippen LogP) is 2.89. The summed E-state index contributed by atoms with van der Waals surface area (Å²) in [4.78, 5) is 11.6. The Kier molecular flexibility index (Phi) is 5.43. The maximum atomic E-state index is 11.6. The lowest BCUT2D eigenvalue weighted by Gasteiger charge is -2.19. The summed E-state index contributed by atoms with van der Waals surface area (Å²) in [6.45, 7) is 7.03. The number of fused-ring (bicyclic) bond motifs is 1. The van der Waals surface area contributed by atoms with Crippen LogP contribution in [0.5, 0.6) is 11.5 Å². The highest BCUT2D eigenvalue weighted by molar-refractivity contribution is 5.77. The zero-order valence-electron chi connectivity index (χ0n) is 15.9. The Morgan fingerprint density at radius 2 is 2.22 bits per heavy atom. The fourth-order valence-electron chi connectivity index (χ4n) is 2.83. The molecule has 0 unspecified atom stereocenters. The van der Waals surface area contributed by atoms with Gasteiger partial charge in [-0.2, -0.15) is 5.10 Å². The van der Waals surface area contributed by atoms with Gasteiger partial charge in [-0.1, -0.05) is 6.07 Å². The molecule has 0 spiro atoms. The van der Waals surface area contributed by atoms with Crippen molar-refractivity contribution < 1.29 is 19.0 Å². The van der Waals surface area contributed by atoms with Crippen molar-refractivity contribution in [3.8, 4) is 22.8 Å². The van der Waals surface area contributed by atoms with E-state index in [1.54, 1.807) is 6.07 Å². The van der Waals surface area contributed by atoms with Gasteiger partial charge in [-0.3, -0.25) is 5.10 Å². The quantitative estimate of drug-likeness (QED) is 0.671. The number of rotatable bonds is 6. The molecule has 0 radical (unpaired) electrons. The molecule has 8 heteroatoms. The third kappa shape index (κ3) is 4.84. The van der Waals surface area contributed by atoms with Crippen molar-refractivity contribution in [3.05, 3.63) is 23.8 Å². The summed E-state index contributed by atoms with van der Waals surface area (Å²) in [7, 11) is 0. The topological polar surface area (TPSA) is 111 Å². The van der Waals surface area contributed by atoms with E-state index in [0.29, 0.717) is 37.7 Å². The van der Waals surface area contributed by atoms with Crippen LogP contribution in [0, 0.1) is 0 Å². The van der Waals surface area contributed by atoms with Gasteiger partial charge in [-0.15, -0.1) is 0 Å². The number of carbonyl (C=O) groups excluding carboxylic acids is 1. The number of nitrogens with two attached hydrogens (primary N) is 1. The maximum absolute atomic E-state index is 11.6. The van der Waals surface area contributed by atoms with E-state index in [2.05, 4.69) is 15.5 Å². The SMILES string of the molecule is CC(C)(C)OC(=O)NCCCOc1ccc2c(c1-c1cc(N)n[nH]1)OCC2. The van der Waals surface area contributed by atoms with Gasteiger partial charge in [0.1, 0.15) is 22.9 Å². The minimum absolute atomic E-state index is 0.410. The predicted molar refractivity (Wildman–Crippen MR) is 102 cm³/mol. The Morgan fingerprint density at radius 3 is 2.93 bits per heavy atom. The van der Waals surface area contributed by atoms with Gasteiger partial charge < -0.3 is 25.3 Å². The third-order valence-electron chi connectivity index (χ3n) is 3.93. The number of H-pyrrole nitrogens is 1. The number of aromatic amines is 1. The highest BCUT2D eigenvalue weighted by Crippen LogP contribution is 2.43. The molecule has 27 heavy (non-hydrogen) atoms. The van der Waals surface area contributed by atoms with E-state index in [0.717, 1.165) is 29.0 Å². The molecular formula is C19H26N4O4. The Labute approximate surface area is 158 Å². The average molecular weight is 374 g/mol. The van der Waals surface area contributed by atoms with Crippen molar-refractivity contribution >= 4 is 11.9 Å². The second kappa shape index (κ2) is 7.77. The molecule has 1 aromatic heterocycles. The fourth-order valence-corrected chi connectivity index (χ4v) is 2.83. The first-order chi connectivity index (χ1) is 12.8. The van der Waals surface area contributed by atoms with Crippen molar-refractivity contribution in [1.82, 2.24) is 15.5 Å². The number of aromatic nitrogens is 2. The summed E-state index contributed by atoms with van der Waals surface area (Å²) in [5.74, 6) is 1.91. The van der Waals surface area contributed by atoms with Gasteiger partial charge >= 0.3 is 6.09 Å². The fraction of sp³-hybridized carbons (Fsp3) is 0.474. The lowest BCUT2D eigenvalue weighted by atomic mass is 10.0. The van der Waals surface area contributed by atoms with Gasteiger partial charge in [0.25, 0.3) is 0 Å². The van der Waals surface area contributed by atoms with Crippen molar-refractivity contribution in [2.45, 2.75) is 39.2 Å². The molecule has 0 saturated carbocycles. The number of alkyl carbamates (subject to hydrolysis) is 1. The maximum Gasteiger partial charge on any atom is 0.407 e. The molecule has 0 fully saturated rings. The molecule has 3 rings (SSSR count). The van der Waals surface area contributed by atoms with Crippen LogP contribution >= 0.6 is 0 Å². The molecule has 146 valence electrons. The molecule has 0 saturated heterocycles. The highest BCUT2D eigenvalue weighted by atomic mass is 16.6. The second-order valence-electron chi connectivity index (χ2n) is 7.36. The van der Waals surface area contributed by atoms with Gasteiger partial charge in [-0.05, 0) is 38.8 Å². The summed E-state index contributed by atoms with van der Waals surface area (Å²) in [6.07, 6.45) is 1.08. The van der Waals surface area contributed by atoms with Crippen molar-refractivity contribution in [3.63, 3.8) is 0 Å². The van der Waals surface area contributed by atoms with Gasteiger partial charge in [-0.25, -0.2) is 4.79 Å². The smallest absolute Gasteiger partial charge is 0.407 e. The zero-order valence-corrected chi connectivity index (χ0v) is 15.9. The number of ether oxygens (including phenoxy) is 3. The molecule has 1 aromatic carbocycles. The van der Waals surface area contributed by atoms with Crippen LogP contribution in [0.2, 0.25) is 0 Å². The molecule has 1 aliphatic heterocycles. The molecule has 1 amide bonds. The number of hydrogen-bond acceptors (Lipinski definition) is 6. The van der Waals surface area contributed by atoms with E-state index < -0.39 is 11.7 Å². The molecule has 2 aromatic rings. The summed E-state index contributed by atoms with van der Waals surface area (Å²) >= 11 is 0. The highest BCUT2D eigenvalue weighted by Gasteiger charge is 2.23. The molecule has 0 bridgehead atoms. The summed E-state index contributed by atoms with van der Waals surface area (Å²) in [6, 6.07) is 5.70. The van der Waals surface area contributed by atoms with E-state index in [4.69, 9.17) is 19.9 Å². The number of nitrogens with one attached hydrogen (secondary N) is 2. The molecule has 0 aliphatic carbocycles. The van der Waals surface area contributed by atoms with Crippen LogP contribution in [0.4, 0.5) is 10.6 Å². The van der Waals surface area contributed by atoms with Crippen molar-refractivity contribution in [1.29, 1.82) is 0 Å². The van der Waals surface area contributed by atoms with Crippen molar-refractivity contribution in [2.75, 3.05) is 25.5 Å². The largest absolute Gasteiger partial charge is 0.493 e. The monoisotopic (exact) mass is 374 g/mol. The average Bonchev–Trinajstić information content (AvgIpc) is 3.21. The van der Waals surface area contributed by atoms with E-state index in [9.17, 15) is 4.79 Å². The molecule has 1 aliphatic rings. The number of hydrogen-bond donors (Lipinski definition) is 3. The first-order valence-corrected chi connectivity index (χ1v) is 9.03. The van der Waals surface area contributed by atoms with Crippen LogP contribution in [-0.4, -0.2) is 41.7 Å². The Morgan fingerprint density at radius 1 is 1.41 bits per heavy atom. The van der Waals surface area contributed by atoms with Crippen molar-refractivity contribution in [2.24, 2.45) is 0 Å². The van der Waals surface area contributed by atoms with Gasteiger partial charge in [0, 0.05) is 19.0 Å². The molecule has 0 atom stereocenters. The Balaban J connectivity index is 1.60. The van der Waals surface area contributed by atoms with E-state index >= 15 is 0 Å². The van der Waals surface area contributed by atoms with E-state index in [-0.39, 0.29) is 0 Å². The van der Waals surface area contributed by atoms with Crippen LogP contribution in [-0.2, 0) is 11.2 Å². The van der Waals surface area contributed by atoms with Crippen LogP contribution in [0.1, 0.15) is 32.8 Å². The minimum Gasteiger partial charge on any atom is -0.493 e. The van der Waals surface area contributed by atoms with E-state index in [1.165, 1.54) is 0 Å². The first-order valence-electron chi connectivity index (χ1n) is 9.03. The molecule has 8 nitrogen and oxygen atoms in total. The van der Waals surface area contributed by atoms with Gasteiger partial charge in [0.15, 0.2) is 0 Å². The number of anilines is 1. The number of benzene rings is 1. The van der Waals surface area contributed by atoms with E-state index in [1.807, 2.05) is 32.9 Å². The minimum atomic E-state index is -0.508. The van der Waals surface area contributed by atoms with Crippen LogP contribution < -0.4 is 20.5 Å².